The number of carbonyl (C=O) groups is 1. The second-order valence-corrected chi connectivity index (χ2v) is 7.06. The molecule has 3 unspecified atom stereocenters. The molecule has 1 saturated heterocycles. The van der Waals surface area contributed by atoms with Crippen molar-refractivity contribution in [1.29, 1.82) is 0 Å². The van der Waals surface area contributed by atoms with Gasteiger partial charge in [0.05, 0.1) is 12.2 Å². The predicted molar refractivity (Wildman–Crippen MR) is 111 cm³/mol. The molecule has 3 N–H and O–H groups in total. The summed E-state index contributed by atoms with van der Waals surface area (Å²) in [4.78, 5) is 14.2. The third-order valence-electron chi connectivity index (χ3n) is 4.24. The Balaban J connectivity index is 0.00000312. The van der Waals surface area contributed by atoms with Gasteiger partial charge in [0, 0.05) is 38.6 Å². The average molecular weight is 406 g/mol. The Kier molecular flexibility index (Phi) is 12.1. The van der Waals surface area contributed by atoms with Crippen LogP contribution in [0.3, 0.4) is 0 Å². The first-order chi connectivity index (χ1) is 11.4. The van der Waals surface area contributed by atoms with Crippen LogP contribution in [0.5, 0.6) is 0 Å². The standard InChI is InChI=1S/C19H31N3O2.2ClH/c1-14(20)4-9-19(23)21-10-17-5-7-18(8-6-17)13-22-11-15(2)24-16(3)12-22;;/h5-8,14-16H,4,9-13,20H2,1-3H3,(H,21,23);2*1H. The van der Waals surface area contributed by atoms with Crippen LogP contribution in [-0.2, 0) is 22.6 Å². The van der Waals surface area contributed by atoms with Crippen LogP contribution < -0.4 is 11.1 Å². The molecule has 1 amide bonds. The van der Waals surface area contributed by atoms with Crippen molar-refractivity contribution in [2.24, 2.45) is 5.73 Å². The van der Waals surface area contributed by atoms with E-state index in [9.17, 15) is 4.79 Å². The zero-order valence-corrected chi connectivity index (χ0v) is 17.6. The molecule has 5 nitrogen and oxygen atoms in total. The molecule has 2 rings (SSSR count). The Morgan fingerprint density at radius 1 is 1.19 bits per heavy atom. The first-order valence-electron chi connectivity index (χ1n) is 8.90. The highest BCUT2D eigenvalue weighted by atomic mass is 35.5. The first kappa shape index (κ1) is 25.1. The lowest BCUT2D eigenvalue weighted by molar-refractivity contribution is -0.121. The minimum absolute atomic E-state index is 0. The van der Waals surface area contributed by atoms with Gasteiger partial charge in [-0.25, -0.2) is 0 Å². The molecule has 1 heterocycles. The van der Waals surface area contributed by atoms with E-state index in [-0.39, 0.29) is 36.8 Å². The van der Waals surface area contributed by atoms with Gasteiger partial charge in [0.25, 0.3) is 0 Å². The molecule has 0 bridgehead atoms. The van der Waals surface area contributed by atoms with E-state index in [1.165, 1.54) is 5.56 Å². The first-order valence-corrected chi connectivity index (χ1v) is 8.90. The van der Waals surface area contributed by atoms with E-state index < -0.39 is 0 Å². The van der Waals surface area contributed by atoms with E-state index in [0.29, 0.717) is 25.2 Å². The number of rotatable bonds is 7. The summed E-state index contributed by atoms with van der Waals surface area (Å²) >= 11 is 0. The lowest BCUT2D eigenvalue weighted by Gasteiger charge is -2.35. The molecule has 1 aliphatic heterocycles. The highest BCUT2D eigenvalue weighted by molar-refractivity contribution is 5.85. The second kappa shape index (κ2) is 12.5. The van der Waals surface area contributed by atoms with Crippen LogP contribution in [0.25, 0.3) is 0 Å². The zero-order valence-electron chi connectivity index (χ0n) is 15.9. The fraction of sp³-hybridized carbons (Fsp3) is 0.632. The monoisotopic (exact) mass is 405 g/mol. The van der Waals surface area contributed by atoms with Crippen molar-refractivity contribution in [3.05, 3.63) is 35.4 Å². The Morgan fingerprint density at radius 3 is 2.27 bits per heavy atom. The quantitative estimate of drug-likeness (QED) is 0.731. The van der Waals surface area contributed by atoms with Gasteiger partial charge >= 0.3 is 0 Å². The van der Waals surface area contributed by atoms with Crippen LogP contribution in [0.4, 0.5) is 0 Å². The lowest BCUT2D eigenvalue weighted by atomic mass is 10.1. The van der Waals surface area contributed by atoms with Crippen LogP contribution >= 0.6 is 24.8 Å². The van der Waals surface area contributed by atoms with Gasteiger partial charge in [0.15, 0.2) is 0 Å². The van der Waals surface area contributed by atoms with E-state index in [4.69, 9.17) is 10.5 Å². The Bertz CT molecular complexity index is 516. The summed E-state index contributed by atoms with van der Waals surface area (Å²) in [6, 6.07) is 8.55. The molecule has 0 aromatic heterocycles. The van der Waals surface area contributed by atoms with Gasteiger partial charge < -0.3 is 15.8 Å². The topological polar surface area (TPSA) is 67.6 Å². The summed E-state index contributed by atoms with van der Waals surface area (Å²) in [5, 5.41) is 2.95. The van der Waals surface area contributed by atoms with Crippen LogP contribution in [0.15, 0.2) is 24.3 Å². The maximum atomic E-state index is 11.7. The smallest absolute Gasteiger partial charge is 0.220 e. The molecule has 1 aromatic carbocycles. The van der Waals surface area contributed by atoms with Crippen molar-refractivity contribution in [2.45, 2.75) is 65.0 Å². The van der Waals surface area contributed by atoms with Crippen molar-refractivity contribution in [3.63, 3.8) is 0 Å². The molecule has 26 heavy (non-hydrogen) atoms. The van der Waals surface area contributed by atoms with Crippen molar-refractivity contribution < 1.29 is 9.53 Å². The van der Waals surface area contributed by atoms with Gasteiger partial charge in [-0.05, 0) is 38.3 Å². The molecule has 150 valence electrons. The Hall–Kier alpha value is -0.850. The van der Waals surface area contributed by atoms with Crippen molar-refractivity contribution in [3.8, 4) is 0 Å². The van der Waals surface area contributed by atoms with Gasteiger partial charge in [-0.3, -0.25) is 9.69 Å². The van der Waals surface area contributed by atoms with E-state index in [0.717, 1.165) is 31.6 Å². The fourth-order valence-corrected chi connectivity index (χ4v) is 3.08. The number of nitrogens with two attached hydrogens (primary N) is 1. The number of hydrogen-bond acceptors (Lipinski definition) is 4. The molecule has 1 aliphatic rings. The van der Waals surface area contributed by atoms with Crippen molar-refractivity contribution in [2.75, 3.05) is 13.1 Å². The molecule has 1 aromatic rings. The number of halogens is 2. The van der Waals surface area contributed by atoms with Gasteiger partial charge in [-0.1, -0.05) is 24.3 Å². The molecule has 0 radical (unpaired) electrons. The average Bonchev–Trinajstić information content (AvgIpc) is 2.51. The number of nitrogens with zero attached hydrogens (tertiary/aromatic N) is 1. The van der Waals surface area contributed by atoms with Crippen LogP contribution in [0.1, 0.15) is 44.7 Å². The molecule has 0 saturated carbocycles. The van der Waals surface area contributed by atoms with Crippen LogP contribution in [-0.4, -0.2) is 42.1 Å². The summed E-state index contributed by atoms with van der Waals surface area (Å²) in [6.07, 6.45) is 1.79. The summed E-state index contributed by atoms with van der Waals surface area (Å²) in [6.45, 7) is 9.63. The number of carbonyl (C=O) groups excluding carboxylic acids is 1. The Labute approximate surface area is 169 Å². The number of amides is 1. The number of nitrogens with one attached hydrogen (secondary N) is 1. The maximum Gasteiger partial charge on any atom is 0.220 e. The number of morpholine rings is 1. The van der Waals surface area contributed by atoms with Gasteiger partial charge in [-0.2, -0.15) is 0 Å². The molecule has 0 spiro atoms. The van der Waals surface area contributed by atoms with Gasteiger partial charge in [0.2, 0.25) is 5.91 Å². The normalized spacial score (nSPS) is 21.2. The molecule has 0 aliphatic carbocycles. The highest BCUT2D eigenvalue weighted by Gasteiger charge is 2.21. The predicted octanol–water partition coefficient (Wildman–Crippen LogP) is 2.88. The number of hydrogen-bond donors (Lipinski definition) is 2. The highest BCUT2D eigenvalue weighted by Crippen LogP contribution is 2.14. The molecule has 3 atom stereocenters. The minimum atomic E-state index is 0. The largest absolute Gasteiger partial charge is 0.373 e. The van der Waals surface area contributed by atoms with E-state index in [2.05, 4.69) is 48.3 Å². The number of benzene rings is 1. The summed E-state index contributed by atoms with van der Waals surface area (Å²) in [7, 11) is 0. The SMILES string of the molecule is CC(N)CCC(=O)NCc1ccc(CN2CC(C)OC(C)C2)cc1.Cl.Cl. The second-order valence-electron chi connectivity index (χ2n) is 7.06. The van der Waals surface area contributed by atoms with Gasteiger partial charge in [0.1, 0.15) is 0 Å². The third kappa shape index (κ3) is 9.19. The summed E-state index contributed by atoms with van der Waals surface area (Å²) in [5.74, 6) is 0.0627. The van der Waals surface area contributed by atoms with Gasteiger partial charge in [-0.15, -0.1) is 24.8 Å². The third-order valence-corrected chi connectivity index (χ3v) is 4.24. The fourth-order valence-electron chi connectivity index (χ4n) is 3.08. The van der Waals surface area contributed by atoms with Crippen molar-refractivity contribution >= 4 is 30.7 Å². The summed E-state index contributed by atoms with van der Waals surface area (Å²) < 4.78 is 5.77. The van der Waals surface area contributed by atoms with E-state index >= 15 is 0 Å². The summed E-state index contributed by atoms with van der Waals surface area (Å²) in [5.41, 5.74) is 8.08. The zero-order chi connectivity index (χ0) is 17.5. The molecular formula is C19H33Cl2N3O2. The lowest BCUT2D eigenvalue weighted by Crippen LogP contribution is -2.44. The minimum Gasteiger partial charge on any atom is -0.373 e. The van der Waals surface area contributed by atoms with Crippen LogP contribution in [0.2, 0.25) is 0 Å². The molecule has 1 fully saturated rings. The molecule has 7 heteroatoms. The Morgan fingerprint density at radius 2 is 1.73 bits per heavy atom. The number of ether oxygens (including phenoxy) is 1. The van der Waals surface area contributed by atoms with Crippen molar-refractivity contribution in [1.82, 2.24) is 10.2 Å². The van der Waals surface area contributed by atoms with Crippen LogP contribution in [0, 0.1) is 0 Å². The molecular weight excluding hydrogens is 373 g/mol. The maximum absolute atomic E-state index is 11.7. The van der Waals surface area contributed by atoms with E-state index in [1.54, 1.807) is 0 Å². The van der Waals surface area contributed by atoms with E-state index in [1.807, 2.05) is 6.92 Å².